The molecule has 0 unspecified atom stereocenters. The van der Waals surface area contributed by atoms with E-state index < -0.39 is 23.4 Å². The number of para-hydroxylation sites is 2. The summed E-state index contributed by atoms with van der Waals surface area (Å²) in [5, 5.41) is 20.3. The number of aliphatic hydroxyl groups excluding tert-OH is 2. The largest absolute Gasteiger partial charge is 0.493 e. The van der Waals surface area contributed by atoms with Crippen LogP contribution in [0, 0.1) is 0 Å². The fourth-order valence-electron chi connectivity index (χ4n) is 3.91. The molecule has 2 N–H and O–H groups in total. The van der Waals surface area contributed by atoms with E-state index >= 15 is 0 Å². The maximum Gasteiger partial charge on any atom is 0.266 e. The molecular formula is C20H29NO6. The molecule has 2 aliphatic rings. The van der Waals surface area contributed by atoms with E-state index in [1.54, 1.807) is 38.0 Å². The molecule has 2 fully saturated rings. The van der Waals surface area contributed by atoms with E-state index in [0.717, 1.165) is 0 Å². The van der Waals surface area contributed by atoms with Crippen molar-refractivity contribution in [2.45, 2.75) is 56.5 Å². The second-order valence-corrected chi connectivity index (χ2v) is 7.77. The van der Waals surface area contributed by atoms with Crippen molar-refractivity contribution in [3.05, 3.63) is 24.3 Å². The van der Waals surface area contributed by atoms with Gasteiger partial charge in [0.25, 0.3) is 5.91 Å². The molecule has 27 heavy (non-hydrogen) atoms. The molecule has 1 aromatic carbocycles. The van der Waals surface area contributed by atoms with Crippen molar-refractivity contribution in [1.29, 1.82) is 0 Å². The Balaban J connectivity index is 1.66. The summed E-state index contributed by atoms with van der Waals surface area (Å²) in [4.78, 5) is 14.8. The first kappa shape index (κ1) is 19.9. The molecule has 7 heteroatoms. The smallest absolute Gasteiger partial charge is 0.266 e. The zero-order chi connectivity index (χ0) is 19.7. The Morgan fingerprint density at radius 3 is 2.48 bits per heavy atom. The number of likely N-dealkylation sites (tertiary alicyclic amines) is 1. The van der Waals surface area contributed by atoms with Crippen LogP contribution in [0.3, 0.4) is 0 Å². The van der Waals surface area contributed by atoms with Crippen LogP contribution in [0.4, 0.5) is 0 Å². The van der Waals surface area contributed by atoms with Crippen LogP contribution in [0.5, 0.6) is 11.5 Å². The summed E-state index contributed by atoms with van der Waals surface area (Å²) in [5.41, 5.74) is -1.83. The molecule has 0 radical (unpaired) electrons. The third-order valence-electron chi connectivity index (χ3n) is 5.55. The number of ether oxygens (including phenoxy) is 3. The highest BCUT2D eigenvalue weighted by atomic mass is 16.5. The summed E-state index contributed by atoms with van der Waals surface area (Å²) in [6.07, 6.45) is -0.276. The van der Waals surface area contributed by atoms with E-state index in [0.29, 0.717) is 50.5 Å². The van der Waals surface area contributed by atoms with Gasteiger partial charge in [0.1, 0.15) is 6.10 Å². The molecule has 0 aliphatic carbocycles. The first-order valence-electron chi connectivity index (χ1n) is 9.40. The lowest BCUT2D eigenvalue weighted by Crippen LogP contribution is -2.62. The van der Waals surface area contributed by atoms with Crippen molar-refractivity contribution in [3.8, 4) is 11.5 Å². The molecule has 2 saturated heterocycles. The standard InChI is InChI=1S/C20H29NO6/c1-19(2,27-16-7-5-4-6-15(16)25-3)18(24)21-11-9-20(10-12-21)17(23)14(22)8-13-26-20/h4-7,14,17,22-23H,8-13H2,1-3H3/t14-,17-/m0/s1. The van der Waals surface area contributed by atoms with E-state index in [-0.39, 0.29) is 5.91 Å². The average Bonchev–Trinajstić information content (AvgIpc) is 2.66. The highest BCUT2D eigenvalue weighted by molar-refractivity contribution is 5.85. The molecule has 1 amide bonds. The highest BCUT2D eigenvalue weighted by Crippen LogP contribution is 2.36. The molecule has 1 aromatic rings. The van der Waals surface area contributed by atoms with Gasteiger partial charge >= 0.3 is 0 Å². The van der Waals surface area contributed by atoms with E-state index in [1.165, 1.54) is 0 Å². The fourth-order valence-corrected chi connectivity index (χ4v) is 3.91. The maximum atomic E-state index is 13.0. The molecule has 150 valence electrons. The number of carbonyl (C=O) groups excluding carboxylic acids is 1. The van der Waals surface area contributed by atoms with Crippen molar-refractivity contribution >= 4 is 5.91 Å². The summed E-state index contributed by atoms with van der Waals surface area (Å²) in [6.45, 7) is 4.79. The number of benzene rings is 1. The topological polar surface area (TPSA) is 88.5 Å². The van der Waals surface area contributed by atoms with Crippen molar-refractivity contribution in [2.24, 2.45) is 0 Å². The average molecular weight is 379 g/mol. The minimum atomic E-state index is -1.06. The Labute approximate surface area is 159 Å². The van der Waals surface area contributed by atoms with Crippen LogP contribution >= 0.6 is 0 Å². The highest BCUT2D eigenvalue weighted by Gasteiger charge is 2.49. The molecule has 0 aromatic heterocycles. The van der Waals surface area contributed by atoms with Gasteiger partial charge in [-0.3, -0.25) is 4.79 Å². The van der Waals surface area contributed by atoms with Crippen molar-refractivity contribution in [1.82, 2.24) is 4.90 Å². The van der Waals surface area contributed by atoms with Gasteiger partial charge in [-0.1, -0.05) is 12.1 Å². The number of amides is 1. The van der Waals surface area contributed by atoms with Crippen LogP contribution in [-0.4, -0.2) is 71.2 Å². The zero-order valence-electron chi connectivity index (χ0n) is 16.2. The number of methoxy groups -OCH3 is 1. The van der Waals surface area contributed by atoms with Crippen LogP contribution in [-0.2, 0) is 9.53 Å². The van der Waals surface area contributed by atoms with Crippen molar-refractivity contribution in [3.63, 3.8) is 0 Å². The number of hydrogen-bond acceptors (Lipinski definition) is 6. The molecule has 2 heterocycles. The summed E-state index contributed by atoms with van der Waals surface area (Å²) >= 11 is 0. The molecule has 3 rings (SSSR count). The predicted octanol–water partition coefficient (Wildman–Crippen LogP) is 1.36. The quantitative estimate of drug-likeness (QED) is 0.821. The molecular weight excluding hydrogens is 350 g/mol. The van der Waals surface area contributed by atoms with Crippen LogP contribution in [0.1, 0.15) is 33.1 Å². The van der Waals surface area contributed by atoms with Gasteiger partial charge in [-0.05, 0) is 45.2 Å². The van der Waals surface area contributed by atoms with Crippen LogP contribution < -0.4 is 9.47 Å². The Morgan fingerprint density at radius 1 is 1.22 bits per heavy atom. The predicted molar refractivity (Wildman–Crippen MR) is 98.8 cm³/mol. The molecule has 2 aliphatic heterocycles. The van der Waals surface area contributed by atoms with Gasteiger partial charge in [-0.15, -0.1) is 0 Å². The first-order chi connectivity index (χ1) is 12.8. The van der Waals surface area contributed by atoms with Gasteiger partial charge in [0.15, 0.2) is 17.1 Å². The fraction of sp³-hybridized carbons (Fsp3) is 0.650. The monoisotopic (exact) mass is 379 g/mol. The molecule has 1 spiro atoms. The summed E-state index contributed by atoms with van der Waals surface area (Å²) in [7, 11) is 1.56. The molecule has 2 atom stereocenters. The van der Waals surface area contributed by atoms with Gasteiger partial charge < -0.3 is 29.3 Å². The number of aliphatic hydroxyl groups is 2. The lowest BCUT2D eigenvalue weighted by atomic mass is 9.80. The van der Waals surface area contributed by atoms with Crippen LogP contribution in [0.2, 0.25) is 0 Å². The van der Waals surface area contributed by atoms with Gasteiger partial charge in [-0.2, -0.15) is 0 Å². The van der Waals surface area contributed by atoms with Gasteiger partial charge in [0.05, 0.1) is 25.4 Å². The SMILES string of the molecule is COc1ccccc1OC(C)(C)C(=O)N1CCC2(CC1)OCC[C@H](O)[C@@H]2O. The zero-order valence-corrected chi connectivity index (χ0v) is 16.2. The second-order valence-electron chi connectivity index (χ2n) is 7.77. The van der Waals surface area contributed by atoms with Gasteiger partial charge in [0, 0.05) is 13.1 Å². The lowest BCUT2D eigenvalue weighted by Gasteiger charge is -2.49. The Morgan fingerprint density at radius 2 is 1.85 bits per heavy atom. The van der Waals surface area contributed by atoms with E-state index in [9.17, 15) is 15.0 Å². The normalized spacial score (nSPS) is 25.3. The van der Waals surface area contributed by atoms with Crippen LogP contribution in [0.15, 0.2) is 24.3 Å². The number of hydrogen-bond donors (Lipinski definition) is 2. The minimum Gasteiger partial charge on any atom is -0.493 e. The molecule has 0 saturated carbocycles. The van der Waals surface area contributed by atoms with Crippen molar-refractivity contribution in [2.75, 3.05) is 26.8 Å². The third-order valence-corrected chi connectivity index (χ3v) is 5.55. The molecule has 7 nitrogen and oxygen atoms in total. The van der Waals surface area contributed by atoms with Gasteiger partial charge in [0.2, 0.25) is 0 Å². The number of nitrogens with zero attached hydrogens (tertiary/aromatic N) is 1. The minimum absolute atomic E-state index is 0.130. The first-order valence-corrected chi connectivity index (χ1v) is 9.40. The Hall–Kier alpha value is -1.83. The number of piperidine rings is 1. The third kappa shape index (κ3) is 3.90. The number of rotatable bonds is 4. The number of carbonyl (C=O) groups is 1. The lowest BCUT2D eigenvalue weighted by molar-refractivity contribution is -0.215. The van der Waals surface area contributed by atoms with Gasteiger partial charge in [-0.25, -0.2) is 0 Å². The Bertz CT molecular complexity index is 668. The molecule has 0 bridgehead atoms. The van der Waals surface area contributed by atoms with Crippen molar-refractivity contribution < 1.29 is 29.2 Å². The van der Waals surface area contributed by atoms with E-state index in [2.05, 4.69) is 0 Å². The van der Waals surface area contributed by atoms with E-state index in [4.69, 9.17) is 14.2 Å². The van der Waals surface area contributed by atoms with E-state index in [1.807, 2.05) is 12.1 Å². The maximum absolute atomic E-state index is 13.0. The van der Waals surface area contributed by atoms with Crippen LogP contribution in [0.25, 0.3) is 0 Å². The summed E-state index contributed by atoms with van der Waals surface area (Å²) in [6, 6.07) is 7.23. The summed E-state index contributed by atoms with van der Waals surface area (Å²) < 4.78 is 17.1. The summed E-state index contributed by atoms with van der Waals surface area (Å²) in [5.74, 6) is 0.957. The Kier molecular flexibility index (Phi) is 5.65. The second kappa shape index (κ2) is 7.66.